The quantitative estimate of drug-likeness (QED) is 0.849. The molecular weight excluding hydrogens is 316 g/mol. The third-order valence-electron chi connectivity index (χ3n) is 5.35. The first-order valence-corrected chi connectivity index (χ1v) is 9.54. The molecule has 1 aromatic heterocycles. The SMILES string of the molecule is Cc1cnc(C(=O)N2CCCCCCNC(=O)[C@@H]3CCCC[C@@H]32)cn1. The van der Waals surface area contributed by atoms with Crippen molar-refractivity contribution >= 4 is 11.8 Å². The molecule has 0 bridgehead atoms. The Bertz CT molecular complexity index is 602. The molecule has 2 amide bonds. The molecule has 1 N–H and O–H groups in total. The topological polar surface area (TPSA) is 75.2 Å². The van der Waals surface area contributed by atoms with E-state index in [4.69, 9.17) is 0 Å². The number of carbonyl (C=O) groups excluding carboxylic acids is 2. The van der Waals surface area contributed by atoms with E-state index in [0.717, 1.165) is 63.6 Å². The summed E-state index contributed by atoms with van der Waals surface area (Å²) in [4.78, 5) is 36.2. The second-order valence-corrected chi connectivity index (χ2v) is 7.21. The van der Waals surface area contributed by atoms with E-state index in [0.29, 0.717) is 12.2 Å². The van der Waals surface area contributed by atoms with Gasteiger partial charge in [-0.3, -0.25) is 14.6 Å². The van der Waals surface area contributed by atoms with Gasteiger partial charge in [-0.25, -0.2) is 4.98 Å². The Morgan fingerprint density at radius 2 is 1.88 bits per heavy atom. The summed E-state index contributed by atoms with van der Waals surface area (Å²) in [7, 11) is 0. The van der Waals surface area contributed by atoms with Gasteiger partial charge in [0.1, 0.15) is 5.69 Å². The molecule has 0 radical (unpaired) electrons. The summed E-state index contributed by atoms with van der Waals surface area (Å²) in [5.41, 5.74) is 1.18. The first-order valence-electron chi connectivity index (χ1n) is 9.54. The van der Waals surface area contributed by atoms with Crippen LogP contribution in [0.4, 0.5) is 0 Å². The van der Waals surface area contributed by atoms with Gasteiger partial charge in [0.15, 0.2) is 0 Å². The lowest BCUT2D eigenvalue weighted by Crippen LogP contribution is -2.51. The van der Waals surface area contributed by atoms with Crippen LogP contribution in [0.15, 0.2) is 12.4 Å². The Morgan fingerprint density at radius 3 is 2.68 bits per heavy atom. The fourth-order valence-corrected chi connectivity index (χ4v) is 3.96. The van der Waals surface area contributed by atoms with Gasteiger partial charge in [0, 0.05) is 25.3 Å². The van der Waals surface area contributed by atoms with E-state index in [9.17, 15) is 9.59 Å². The molecule has 2 atom stereocenters. The van der Waals surface area contributed by atoms with Gasteiger partial charge in [0.25, 0.3) is 5.91 Å². The standard InChI is InChI=1S/C19H28N4O2/c1-14-12-22-16(13-21-14)19(25)23-11-7-3-2-6-10-20-18(24)15-8-4-5-9-17(15)23/h12-13,15,17H,2-11H2,1H3,(H,20,24)/t15-,17+/m1/s1. The fourth-order valence-electron chi connectivity index (χ4n) is 3.96. The number of rotatable bonds is 1. The molecule has 136 valence electrons. The average molecular weight is 344 g/mol. The molecule has 6 heteroatoms. The number of hydrogen-bond donors (Lipinski definition) is 1. The third kappa shape index (κ3) is 4.35. The molecule has 2 heterocycles. The normalized spacial score (nSPS) is 25.5. The molecule has 1 aliphatic heterocycles. The highest BCUT2D eigenvalue weighted by atomic mass is 16.2. The van der Waals surface area contributed by atoms with E-state index >= 15 is 0 Å². The minimum absolute atomic E-state index is 0.0255. The highest BCUT2D eigenvalue weighted by Gasteiger charge is 2.37. The highest BCUT2D eigenvalue weighted by molar-refractivity contribution is 5.93. The number of carbonyl (C=O) groups is 2. The van der Waals surface area contributed by atoms with Crippen LogP contribution in [0.25, 0.3) is 0 Å². The summed E-state index contributed by atoms with van der Waals surface area (Å²) >= 11 is 0. The van der Waals surface area contributed by atoms with E-state index in [2.05, 4.69) is 15.3 Å². The van der Waals surface area contributed by atoms with Gasteiger partial charge in [-0.05, 0) is 32.6 Å². The average Bonchev–Trinajstić information content (AvgIpc) is 2.67. The van der Waals surface area contributed by atoms with Crippen molar-refractivity contribution in [2.75, 3.05) is 13.1 Å². The largest absolute Gasteiger partial charge is 0.356 e. The van der Waals surface area contributed by atoms with Gasteiger partial charge in [-0.2, -0.15) is 0 Å². The van der Waals surface area contributed by atoms with Crippen LogP contribution >= 0.6 is 0 Å². The molecule has 0 aromatic carbocycles. The molecule has 1 saturated heterocycles. The lowest BCUT2D eigenvalue weighted by atomic mass is 9.82. The van der Waals surface area contributed by atoms with Crippen molar-refractivity contribution in [2.45, 2.75) is 64.3 Å². The van der Waals surface area contributed by atoms with Crippen LogP contribution in [-0.2, 0) is 4.79 Å². The minimum atomic E-state index is -0.103. The molecule has 6 nitrogen and oxygen atoms in total. The van der Waals surface area contributed by atoms with Gasteiger partial charge < -0.3 is 10.2 Å². The first kappa shape index (κ1) is 17.8. The van der Waals surface area contributed by atoms with Gasteiger partial charge in [-0.1, -0.05) is 25.7 Å². The highest BCUT2D eigenvalue weighted by Crippen LogP contribution is 2.30. The van der Waals surface area contributed by atoms with Crippen molar-refractivity contribution in [3.63, 3.8) is 0 Å². The lowest BCUT2D eigenvalue weighted by molar-refractivity contribution is -0.128. The van der Waals surface area contributed by atoms with E-state index < -0.39 is 0 Å². The molecular formula is C19H28N4O2. The monoisotopic (exact) mass is 344 g/mol. The zero-order valence-electron chi connectivity index (χ0n) is 15.0. The van der Waals surface area contributed by atoms with Gasteiger partial charge in [0.2, 0.25) is 5.91 Å². The summed E-state index contributed by atoms with van der Waals surface area (Å²) in [5, 5.41) is 3.08. The minimum Gasteiger partial charge on any atom is -0.356 e. The van der Waals surface area contributed by atoms with Crippen LogP contribution in [0, 0.1) is 12.8 Å². The number of amides is 2. The van der Waals surface area contributed by atoms with Crippen molar-refractivity contribution in [3.8, 4) is 0 Å². The second kappa shape index (κ2) is 8.41. The molecule has 1 aliphatic carbocycles. The molecule has 1 aromatic rings. The number of hydrogen-bond acceptors (Lipinski definition) is 4. The molecule has 2 aliphatic rings. The zero-order valence-corrected chi connectivity index (χ0v) is 15.0. The van der Waals surface area contributed by atoms with E-state index in [-0.39, 0.29) is 23.8 Å². The number of nitrogens with one attached hydrogen (secondary N) is 1. The van der Waals surface area contributed by atoms with Crippen molar-refractivity contribution < 1.29 is 9.59 Å². The zero-order chi connectivity index (χ0) is 17.6. The Labute approximate surface area is 149 Å². The molecule has 25 heavy (non-hydrogen) atoms. The van der Waals surface area contributed by atoms with Crippen LogP contribution in [-0.4, -0.2) is 45.8 Å². The van der Waals surface area contributed by atoms with Crippen LogP contribution in [0.3, 0.4) is 0 Å². The van der Waals surface area contributed by atoms with Crippen molar-refractivity contribution in [3.05, 3.63) is 23.8 Å². The molecule has 3 rings (SSSR count). The molecule has 0 unspecified atom stereocenters. The van der Waals surface area contributed by atoms with Crippen LogP contribution < -0.4 is 5.32 Å². The summed E-state index contributed by atoms with van der Waals surface area (Å²) in [6, 6.07) is -0.0255. The maximum atomic E-state index is 13.1. The van der Waals surface area contributed by atoms with E-state index in [1.807, 2.05) is 11.8 Å². The van der Waals surface area contributed by atoms with Crippen molar-refractivity contribution in [1.29, 1.82) is 0 Å². The van der Waals surface area contributed by atoms with Gasteiger partial charge in [0.05, 0.1) is 17.8 Å². The molecule has 0 spiro atoms. The third-order valence-corrected chi connectivity index (χ3v) is 5.35. The van der Waals surface area contributed by atoms with Crippen LogP contribution in [0.5, 0.6) is 0 Å². The molecule has 2 fully saturated rings. The summed E-state index contributed by atoms with van der Waals surface area (Å²) in [6.45, 7) is 3.30. The number of aryl methyl sites for hydroxylation is 1. The smallest absolute Gasteiger partial charge is 0.274 e. The Morgan fingerprint density at radius 1 is 1.08 bits per heavy atom. The second-order valence-electron chi connectivity index (χ2n) is 7.21. The maximum Gasteiger partial charge on any atom is 0.274 e. The predicted molar refractivity (Wildman–Crippen MR) is 95.0 cm³/mol. The fraction of sp³-hybridized carbons (Fsp3) is 0.684. The van der Waals surface area contributed by atoms with Crippen molar-refractivity contribution in [2.24, 2.45) is 5.92 Å². The van der Waals surface area contributed by atoms with E-state index in [1.165, 1.54) is 0 Å². The number of aromatic nitrogens is 2. The Balaban J connectivity index is 1.86. The maximum absolute atomic E-state index is 13.1. The Hall–Kier alpha value is -1.98. The predicted octanol–water partition coefficient (Wildman–Crippen LogP) is 2.48. The molecule has 1 saturated carbocycles. The van der Waals surface area contributed by atoms with Crippen molar-refractivity contribution in [1.82, 2.24) is 20.2 Å². The lowest BCUT2D eigenvalue weighted by Gasteiger charge is -2.39. The first-order chi connectivity index (χ1) is 12.2. The number of nitrogens with zero attached hydrogens (tertiary/aromatic N) is 3. The van der Waals surface area contributed by atoms with Crippen LogP contribution in [0.1, 0.15) is 67.5 Å². The summed E-state index contributed by atoms with van der Waals surface area (Å²) in [6.07, 6.45) is 11.2. The number of fused-ring (bicyclic) bond motifs is 1. The Kier molecular flexibility index (Phi) is 6.00. The van der Waals surface area contributed by atoms with Crippen LogP contribution in [0.2, 0.25) is 0 Å². The van der Waals surface area contributed by atoms with E-state index in [1.54, 1.807) is 12.4 Å². The summed E-state index contributed by atoms with van der Waals surface area (Å²) < 4.78 is 0. The summed E-state index contributed by atoms with van der Waals surface area (Å²) in [5.74, 6) is -0.0787. The van der Waals surface area contributed by atoms with Gasteiger partial charge in [-0.15, -0.1) is 0 Å². The van der Waals surface area contributed by atoms with Gasteiger partial charge >= 0.3 is 0 Å².